The number of ether oxygens (including phenoxy) is 1. The lowest BCUT2D eigenvalue weighted by molar-refractivity contribution is -0.139. The summed E-state index contributed by atoms with van der Waals surface area (Å²) in [7, 11) is -2.70. The van der Waals surface area contributed by atoms with Gasteiger partial charge in [-0.15, -0.1) is 0 Å². The van der Waals surface area contributed by atoms with Crippen molar-refractivity contribution in [3.8, 4) is 5.75 Å². The highest BCUT2D eigenvalue weighted by Crippen LogP contribution is 2.27. The van der Waals surface area contributed by atoms with E-state index in [9.17, 15) is 18.0 Å². The van der Waals surface area contributed by atoms with Crippen molar-refractivity contribution in [3.63, 3.8) is 0 Å². The van der Waals surface area contributed by atoms with Crippen LogP contribution in [0.5, 0.6) is 5.75 Å². The number of nitrogens with zero attached hydrogens (tertiary/aromatic N) is 2. The standard InChI is InChI=1S/C31H38ClN3O5S/c1-4-6-20-33-31(37)29(5-2)34(21-19-24-11-8-7-9-12-24)30(36)23-35(26-14-10-13-25(32)22-26)41(38,39)28-17-15-27(40-3)16-18-28/h7-18,22,29H,4-6,19-21,23H2,1-3H3,(H,33,37)/t29-/m0/s1. The molecule has 0 unspecified atom stereocenters. The predicted molar refractivity (Wildman–Crippen MR) is 163 cm³/mol. The maximum Gasteiger partial charge on any atom is 0.264 e. The Kier molecular flexibility index (Phi) is 12.0. The molecule has 0 aliphatic heterocycles. The van der Waals surface area contributed by atoms with E-state index in [0.717, 1.165) is 22.7 Å². The zero-order valence-electron chi connectivity index (χ0n) is 23.8. The molecular formula is C31H38ClN3O5S. The third-order valence-electron chi connectivity index (χ3n) is 6.72. The summed E-state index contributed by atoms with van der Waals surface area (Å²) in [5.74, 6) is -0.244. The van der Waals surface area contributed by atoms with Crippen molar-refractivity contribution in [1.29, 1.82) is 0 Å². The van der Waals surface area contributed by atoms with Gasteiger partial charge >= 0.3 is 0 Å². The van der Waals surface area contributed by atoms with Gasteiger partial charge in [-0.2, -0.15) is 0 Å². The van der Waals surface area contributed by atoms with Gasteiger partial charge in [0.1, 0.15) is 18.3 Å². The average Bonchev–Trinajstić information content (AvgIpc) is 2.98. The predicted octanol–water partition coefficient (Wildman–Crippen LogP) is 5.31. The summed E-state index contributed by atoms with van der Waals surface area (Å²) < 4.78 is 34.1. The quantitative estimate of drug-likeness (QED) is 0.239. The fourth-order valence-corrected chi connectivity index (χ4v) is 6.03. The fraction of sp³-hybridized carbons (Fsp3) is 0.355. The molecule has 0 aliphatic carbocycles. The van der Waals surface area contributed by atoms with Crippen molar-refractivity contribution in [1.82, 2.24) is 10.2 Å². The molecule has 0 radical (unpaired) electrons. The first-order valence-electron chi connectivity index (χ1n) is 13.7. The second kappa shape index (κ2) is 15.4. The summed E-state index contributed by atoms with van der Waals surface area (Å²) in [6, 6.07) is 21.2. The second-order valence-corrected chi connectivity index (χ2v) is 11.9. The third-order valence-corrected chi connectivity index (χ3v) is 8.75. The summed E-state index contributed by atoms with van der Waals surface area (Å²) in [6.07, 6.45) is 2.63. The van der Waals surface area contributed by atoms with Crippen LogP contribution in [-0.2, 0) is 26.0 Å². The van der Waals surface area contributed by atoms with E-state index in [-0.39, 0.29) is 23.0 Å². The van der Waals surface area contributed by atoms with E-state index in [4.69, 9.17) is 16.3 Å². The van der Waals surface area contributed by atoms with Crippen molar-refractivity contribution in [2.24, 2.45) is 0 Å². The van der Waals surface area contributed by atoms with Gasteiger partial charge in [-0.25, -0.2) is 8.42 Å². The van der Waals surface area contributed by atoms with Crippen LogP contribution in [0.2, 0.25) is 5.02 Å². The maximum absolute atomic E-state index is 14.0. The lowest BCUT2D eigenvalue weighted by Crippen LogP contribution is -2.53. The van der Waals surface area contributed by atoms with E-state index in [0.29, 0.717) is 30.2 Å². The molecule has 10 heteroatoms. The van der Waals surface area contributed by atoms with Gasteiger partial charge in [0.15, 0.2) is 0 Å². The Labute approximate surface area is 248 Å². The molecule has 3 aromatic rings. The molecule has 220 valence electrons. The normalized spacial score (nSPS) is 11.9. The Bertz CT molecular complexity index is 1380. The first kappa shape index (κ1) is 32.0. The molecule has 1 N–H and O–H groups in total. The Hall–Kier alpha value is -3.56. The molecule has 0 fully saturated rings. The Morgan fingerprint density at radius 2 is 1.68 bits per heavy atom. The molecule has 0 bridgehead atoms. The average molecular weight is 600 g/mol. The van der Waals surface area contributed by atoms with Crippen molar-refractivity contribution < 1.29 is 22.7 Å². The number of hydrogen-bond donors (Lipinski definition) is 1. The molecule has 0 heterocycles. The van der Waals surface area contributed by atoms with Crippen molar-refractivity contribution in [3.05, 3.63) is 89.4 Å². The molecule has 41 heavy (non-hydrogen) atoms. The summed E-state index contributed by atoms with van der Waals surface area (Å²) in [5.41, 5.74) is 1.24. The van der Waals surface area contributed by atoms with Crippen LogP contribution in [0, 0.1) is 0 Å². The molecule has 3 rings (SSSR count). The monoisotopic (exact) mass is 599 g/mol. The highest BCUT2D eigenvalue weighted by molar-refractivity contribution is 7.92. The number of methoxy groups -OCH3 is 1. The van der Waals surface area contributed by atoms with Gasteiger partial charge in [0.2, 0.25) is 11.8 Å². The Balaban J connectivity index is 1.99. The zero-order valence-corrected chi connectivity index (χ0v) is 25.3. The third kappa shape index (κ3) is 8.71. The van der Waals surface area contributed by atoms with Gasteiger partial charge in [-0.05, 0) is 67.3 Å². The minimum absolute atomic E-state index is 0.00809. The zero-order chi connectivity index (χ0) is 29.8. The largest absolute Gasteiger partial charge is 0.497 e. The lowest BCUT2D eigenvalue weighted by atomic mass is 10.1. The van der Waals surface area contributed by atoms with Crippen molar-refractivity contribution >= 4 is 39.1 Å². The van der Waals surface area contributed by atoms with Gasteiger partial charge in [0.05, 0.1) is 17.7 Å². The Morgan fingerprint density at radius 3 is 2.29 bits per heavy atom. The van der Waals surface area contributed by atoms with Crippen molar-refractivity contribution in [2.75, 3.05) is 31.0 Å². The van der Waals surface area contributed by atoms with E-state index < -0.39 is 28.5 Å². The molecule has 0 spiro atoms. The van der Waals surface area contributed by atoms with Crippen LogP contribution in [0.4, 0.5) is 5.69 Å². The first-order chi connectivity index (χ1) is 19.7. The number of carbonyl (C=O) groups excluding carboxylic acids is 2. The Morgan fingerprint density at radius 1 is 0.976 bits per heavy atom. The number of anilines is 1. The van der Waals surface area contributed by atoms with Crippen LogP contribution in [0.15, 0.2) is 83.8 Å². The molecule has 0 aliphatic rings. The SMILES string of the molecule is CCCCNC(=O)[C@H](CC)N(CCc1ccccc1)C(=O)CN(c1cccc(Cl)c1)S(=O)(=O)c1ccc(OC)cc1. The fourth-order valence-electron chi connectivity index (χ4n) is 4.44. The molecule has 3 aromatic carbocycles. The highest BCUT2D eigenvalue weighted by Gasteiger charge is 2.33. The van der Waals surface area contributed by atoms with E-state index >= 15 is 0 Å². The van der Waals surface area contributed by atoms with Gasteiger partial charge in [0.25, 0.3) is 10.0 Å². The topological polar surface area (TPSA) is 96.0 Å². The molecule has 0 aromatic heterocycles. The number of nitrogens with one attached hydrogen (secondary N) is 1. The maximum atomic E-state index is 14.0. The number of carbonyl (C=O) groups is 2. The number of hydrogen-bond acceptors (Lipinski definition) is 5. The summed E-state index contributed by atoms with van der Waals surface area (Å²) >= 11 is 6.23. The summed E-state index contributed by atoms with van der Waals surface area (Å²) in [6.45, 7) is 4.12. The van der Waals surface area contributed by atoms with Crippen LogP contribution >= 0.6 is 11.6 Å². The van der Waals surface area contributed by atoms with Gasteiger partial charge in [-0.3, -0.25) is 13.9 Å². The van der Waals surface area contributed by atoms with Crippen LogP contribution < -0.4 is 14.4 Å². The lowest BCUT2D eigenvalue weighted by Gasteiger charge is -2.33. The van der Waals surface area contributed by atoms with Crippen molar-refractivity contribution in [2.45, 2.75) is 50.5 Å². The summed E-state index contributed by atoms with van der Waals surface area (Å²) in [4.78, 5) is 28.7. The van der Waals surface area contributed by atoms with Crippen LogP contribution in [-0.4, -0.2) is 57.9 Å². The van der Waals surface area contributed by atoms with Gasteiger partial charge in [0, 0.05) is 18.1 Å². The molecule has 2 amide bonds. The molecule has 0 saturated carbocycles. The van der Waals surface area contributed by atoms with Gasteiger partial charge in [-0.1, -0.05) is 68.3 Å². The van der Waals surface area contributed by atoms with Crippen LogP contribution in [0.1, 0.15) is 38.7 Å². The summed E-state index contributed by atoms with van der Waals surface area (Å²) in [5, 5.41) is 3.26. The van der Waals surface area contributed by atoms with Crippen LogP contribution in [0.3, 0.4) is 0 Å². The second-order valence-electron chi connectivity index (χ2n) is 9.56. The van der Waals surface area contributed by atoms with E-state index in [2.05, 4.69) is 5.32 Å². The first-order valence-corrected chi connectivity index (χ1v) is 15.6. The van der Waals surface area contributed by atoms with E-state index in [1.165, 1.54) is 30.2 Å². The number of rotatable bonds is 15. The molecule has 8 nitrogen and oxygen atoms in total. The number of unbranched alkanes of at least 4 members (excludes halogenated alkanes) is 1. The molecular weight excluding hydrogens is 562 g/mol. The number of halogens is 1. The minimum Gasteiger partial charge on any atom is -0.497 e. The van der Waals surface area contributed by atoms with Gasteiger partial charge < -0.3 is 15.0 Å². The smallest absolute Gasteiger partial charge is 0.264 e. The molecule has 1 atom stereocenters. The highest BCUT2D eigenvalue weighted by atomic mass is 35.5. The number of benzene rings is 3. The molecule has 0 saturated heterocycles. The number of amides is 2. The number of sulfonamides is 1. The van der Waals surface area contributed by atoms with E-state index in [1.807, 2.05) is 44.2 Å². The van der Waals surface area contributed by atoms with E-state index in [1.54, 1.807) is 30.3 Å². The van der Waals surface area contributed by atoms with Crippen LogP contribution in [0.25, 0.3) is 0 Å². The minimum atomic E-state index is -4.19.